The minimum Gasteiger partial charge on any atom is -0.457 e. The third kappa shape index (κ3) is 2.78. The number of hydrogen-bond acceptors (Lipinski definition) is 7. The van der Waals surface area contributed by atoms with Gasteiger partial charge >= 0.3 is 0 Å². The van der Waals surface area contributed by atoms with Gasteiger partial charge in [0.25, 0.3) is 5.79 Å². The fourth-order valence-electron chi connectivity index (χ4n) is 5.12. The Hall–Kier alpha value is -2.87. The second kappa shape index (κ2) is 6.62. The van der Waals surface area contributed by atoms with Crippen LogP contribution in [0, 0.1) is 0 Å². The first-order valence-corrected chi connectivity index (χ1v) is 11.2. The molecule has 2 atom stereocenters. The van der Waals surface area contributed by atoms with Crippen LogP contribution < -0.4 is 4.74 Å². The summed E-state index contributed by atoms with van der Waals surface area (Å²) in [5, 5.41) is 0. The van der Waals surface area contributed by atoms with Crippen LogP contribution in [0.1, 0.15) is 73.4 Å². The summed E-state index contributed by atoms with van der Waals surface area (Å²) in [5.41, 5.74) is -1.22. The first-order chi connectivity index (χ1) is 15.8. The van der Waals surface area contributed by atoms with Crippen LogP contribution in [0.2, 0.25) is 0 Å². The van der Waals surface area contributed by atoms with Gasteiger partial charge in [-0.3, -0.25) is 14.4 Å². The number of ether oxygens (including phenoxy) is 4. The Kier molecular flexibility index (Phi) is 4.46. The zero-order chi connectivity index (χ0) is 24.9. The summed E-state index contributed by atoms with van der Waals surface area (Å²) in [6.45, 7) is 11.1. The van der Waals surface area contributed by atoms with Crippen molar-refractivity contribution in [1.82, 2.24) is 0 Å². The molecule has 2 fully saturated rings. The molecule has 7 nitrogen and oxygen atoms in total. The van der Waals surface area contributed by atoms with Gasteiger partial charge in [0.05, 0.1) is 0 Å². The summed E-state index contributed by atoms with van der Waals surface area (Å²) in [6, 6.07) is 10.4. The second-order valence-electron chi connectivity index (χ2n) is 10.7. The van der Waals surface area contributed by atoms with E-state index in [2.05, 4.69) is 0 Å². The fourth-order valence-corrected chi connectivity index (χ4v) is 5.12. The molecule has 5 rings (SSSR count). The molecule has 178 valence electrons. The Bertz CT molecular complexity index is 1270. The molecule has 2 saturated heterocycles. The summed E-state index contributed by atoms with van der Waals surface area (Å²) >= 11 is 0. The highest BCUT2D eigenvalue weighted by Crippen LogP contribution is 2.53. The first kappa shape index (κ1) is 22.9. The number of carbonyl (C=O) groups excluding carboxylic acids is 3. The Labute approximate surface area is 198 Å². The van der Waals surface area contributed by atoms with Gasteiger partial charge in [-0.2, -0.15) is 0 Å². The van der Waals surface area contributed by atoms with E-state index < -0.39 is 28.0 Å². The Morgan fingerprint density at radius 1 is 0.794 bits per heavy atom. The van der Waals surface area contributed by atoms with Crippen molar-refractivity contribution in [1.29, 1.82) is 0 Å². The van der Waals surface area contributed by atoms with Gasteiger partial charge in [0.1, 0.15) is 22.7 Å². The smallest absolute Gasteiger partial charge is 0.263 e. The van der Waals surface area contributed by atoms with Gasteiger partial charge in [-0.25, -0.2) is 0 Å². The monoisotopic (exact) mass is 464 g/mol. The predicted octanol–water partition coefficient (Wildman–Crippen LogP) is 4.38. The van der Waals surface area contributed by atoms with Crippen molar-refractivity contribution in [3.05, 3.63) is 58.7 Å². The molecule has 2 aromatic carbocycles. The molecule has 2 unspecified atom stereocenters. The number of ketones is 2. The number of carbonyl (C=O) groups is 3. The minimum atomic E-state index is -1.47. The van der Waals surface area contributed by atoms with Crippen LogP contribution in [0.3, 0.4) is 0 Å². The van der Waals surface area contributed by atoms with Gasteiger partial charge in [-0.05, 0) is 64.1 Å². The van der Waals surface area contributed by atoms with Gasteiger partial charge in [0, 0.05) is 34.8 Å². The van der Waals surface area contributed by atoms with Crippen molar-refractivity contribution in [2.45, 2.75) is 69.5 Å². The molecule has 3 aliphatic rings. The molecule has 0 amide bonds. The highest BCUT2D eigenvalue weighted by atomic mass is 16.8. The fraction of sp³-hybridized carbons (Fsp3) is 0.444. The van der Waals surface area contributed by atoms with Crippen LogP contribution in [-0.4, -0.2) is 47.6 Å². The standard InChI is InChI=1S/C27H28O7/c1-23(2)17-12-15(21(29)26(14-28)24(3,4)33-26)8-10-19(17)32-20-11-9-16(13-18(20)23)22(30)27(31-7)25(5,6)34-27/h8-14H,1-7H3. The van der Waals surface area contributed by atoms with Crippen molar-refractivity contribution < 1.29 is 33.3 Å². The first-order valence-electron chi connectivity index (χ1n) is 11.2. The molecule has 0 radical (unpaired) electrons. The van der Waals surface area contributed by atoms with E-state index in [-0.39, 0.29) is 11.6 Å². The van der Waals surface area contributed by atoms with Gasteiger partial charge in [-0.15, -0.1) is 0 Å². The zero-order valence-electron chi connectivity index (χ0n) is 20.4. The largest absolute Gasteiger partial charge is 0.457 e. The van der Waals surface area contributed by atoms with E-state index in [0.29, 0.717) is 28.9 Å². The highest BCUT2D eigenvalue weighted by Gasteiger charge is 2.71. The Balaban J connectivity index is 1.54. The summed E-state index contributed by atoms with van der Waals surface area (Å²) < 4.78 is 22.7. The van der Waals surface area contributed by atoms with Crippen molar-refractivity contribution in [2.24, 2.45) is 0 Å². The number of methoxy groups -OCH3 is 1. The van der Waals surface area contributed by atoms with E-state index in [1.807, 2.05) is 27.7 Å². The number of fused-ring (bicyclic) bond motifs is 2. The molecule has 0 spiro atoms. The van der Waals surface area contributed by atoms with E-state index in [4.69, 9.17) is 18.9 Å². The van der Waals surface area contributed by atoms with Crippen LogP contribution >= 0.6 is 0 Å². The number of benzene rings is 2. The number of rotatable bonds is 6. The van der Waals surface area contributed by atoms with Gasteiger partial charge in [0.2, 0.25) is 17.2 Å². The van der Waals surface area contributed by atoms with Crippen molar-refractivity contribution in [3.63, 3.8) is 0 Å². The quantitative estimate of drug-likeness (QED) is 0.271. The lowest BCUT2D eigenvalue weighted by Gasteiger charge is -2.35. The number of Topliss-reactive ketones (excluding diaryl/α,β-unsaturated/α-hetero) is 2. The highest BCUT2D eigenvalue weighted by molar-refractivity contribution is 6.15. The maximum atomic E-state index is 13.3. The number of hydrogen-bond donors (Lipinski definition) is 0. The second-order valence-corrected chi connectivity index (χ2v) is 10.7. The SMILES string of the molecule is COC1(C(=O)c2ccc3c(c2)C(C)(C)c2cc(C(=O)C4(C=O)OC4(C)C)ccc2O3)OC1(C)C. The van der Waals surface area contributed by atoms with Crippen LogP contribution in [0.15, 0.2) is 36.4 Å². The Morgan fingerprint density at radius 3 is 1.65 bits per heavy atom. The summed E-state index contributed by atoms with van der Waals surface area (Å²) in [5.74, 6) is -0.695. The van der Waals surface area contributed by atoms with Crippen LogP contribution in [0.4, 0.5) is 0 Å². The molecule has 0 aromatic heterocycles. The van der Waals surface area contributed by atoms with Crippen molar-refractivity contribution >= 4 is 17.9 Å². The van der Waals surface area contributed by atoms with E-state index in [1.165, 1.54) is 7.11 Å². The normalized spacial score (nSPS) is 28.7. The van der Waals surface area contributed by atoms with E-state index in [0.717, 1.165) is 11.1 Å². The van der Waals surface area contributed by atoms with Crippen molar-refractivity contribution in [2.75, 3.05) is 7.11 Å². The zero-order valence-corrected chi connectivity index (χ0v) is 20.4. The molecule has 7 heteroatoms. The predicted molar refractivity (Wildman–Crippen MR) is 123 cm³/mol. The summed E-state index contributed by atoms with van der Waals surface area (Å²) in [4.78, 5) is 38.2. The molecule has 3 aliphatic heterocycles. The van der Waals surface area contributed by atoms with E-state index in [9.17, 15) is 14.4 Å². The third-order valence-corrected chi connectivity index (χ3v) is 7.56. The maximum absolute atomic E-state index is 13.3. The summed E-state index contributed by atoms with van der Waals surface area (Å²) in [7, 11) is 1.46. The van der Waals surface area contributed by atoms with Crippen molar-refractivity contribution in [3.8, 4) is 11.5 Å². The molecule has 3 heterocycles. The van der Waals surface area contributed by atoms with E-state index in [1.54, 1.807) is 50.2 Å². The molecule has 0 N–H and O–H groups in total. The molecule has 34 heavy (non-hydrogen) atoms. The lowest BCUT2D eigenvalue weighted by atomic mass is 9.74. The molecular formula is C27H28O7. The topological polar surface area (TPSA) is 94.7 Å². The average Bonchev–Trinajstić information content (AvgIpc) is 3.59. The number of aldehydes is 1. The molecular weight excluding hydrogens is 436 g/mol. The Morgan fingerprint density at radius 2 is 1.26 bits per heavy atom. The summed E-state index contributed by atoms with van der Waals surface area (Å²) in [6.07, 6.45) is 0.580. The molecule has 0 saturated carbocycles. The van der Waals surface area contributed by atoms with Crippen LogP contribution in [-0.2, 0) is 24.4 Å². The van der Waals surface area contributed by atoms with Gasteiger partial charge < -0.3 is 18.9 Å². The van der Waals surface area contributed by atoms with Crippen LogP contribution in [0.5, 0.6) is 11.5 Å². The molecule has 2 aromatic rings. The lowest BCUT2D eigenvalue weighted by molar-refractivity contribution is -0.110. The lowest BCUT2D eigenvalue weighted by Crippen LogP contribution is -2.34. The minimum absolute atomic E-state index is 0.255. The molecule has 0 aliphatic carbocycles. The number of epoxide rings is 2. The third-order valence-electron chi connectivity index (χ3n) is 7.56. The average molecular weight is 465 g/mol. The van der Waals surface area contributed by atoms with Crippen LogP contribution in [0.25, 0.3) is 0 Å². The van der Waals surface area contributed by atoms with Gasteiger partial charge in [-0.1, -0.05) is 13.8 Å². The van der Waals surface area contributed by atoms with E-state index >= 15 is 0 Å². The molecule has 0 bridgehead atoms. The van der Waals surface area contributed by atoms with Gasteiger partial charge in [0.15, 0.2) is 6.29 Å². The maximum Gasteiger partial charge on any atom is 0.263 e.